The first-order valence-electron chi connectivity index (χ1n) is 7.25. The van der Waals surface area contributed by atoms with Crippen LogP contribution >= 0.6 is 7.92 Å². The number of rotatable bonds is 3. The average molecular weight is 302 g/mol. The molecule has 0 amide bonds. The SMILES string of the molecule is c1ccc(P(c2ccccc2)c2cncc3[nH]ccc23)cc1. The summed E-state index contributed by atoms with van der Waals surface area (Å²) in [7, 11) is -0.603. The highest BCUT2D eigenvalue weighted by atomic mass is 31.1. The summed E-state index contributed by atoms with van der Waals surface area (Å²) in [5.74, 6) is 0. The molecule has 0 aliphatic rings. The molecule has 2 nitrogen and oxygen atoms in total. The Morgan fingerprint density at radius 3 is 2.00 bits per heavy atom. The predicted molar refractivity (Wildman–Crippen MR) is 94.8 cm³/mol. The van der Waals surface area contributed by atoms with E-state index in [2.05, 4.69) is 76.7 Å². The van der Waals surface area contributed by atoms with Gasteiger partial charge in [0.1, 0.15) is 0 Å². The molecule has 0 aliphatic heterocycles. The van der Waals surface area contributed by atoms with Gasteiger partial charge in [-0.25, -0.2) is 0 Å². The Labute approximate surface area is 130 Å². The third-order valence-electron chi connectivity index (χ3n) is 3.73. The Morgan fingerprint density at radius 2 is 1.36 bits per heavy atom. The summed E-state index contributed by atoms with van der Waals surface area (Å²) in [6, 6.07) is 23.6. The van der Waals surface area contributed by atoms with Crippen LogP contribution in [0.25, 0.3) is 10.9 Å². The number of benzene rings is 2. The topological polar surface area (TPSA) is 28.7 Å². The van der Waals surface area contributed by atoms with Crippen LogP contribution in [0.1, 0.15) is 0 Å². The first kappa shape index (κ1) is 13.2. The Balaban J connectivity index is 1.97. The summed E-state index contributed by atoms with van der Waals surface area (Å²) in [6.07, 6.45) is 5.89. The molecule has 0 unspecified atom stereocenters. The Bertz CT molecular complexity index is 845. The second-order valence-corrected chi connectivity index (χ2v) is 7.29. The number of fused-ring (bicyclic) bond motifs is 1. The lowest BCUT2D eigenvalue weighted by Gasteiger charge is -2.19. The van der Waals surface area contributed by atoms with Gasteiger partial charge >= 0.3 is 0 Å². The maximum atomic E-state index is 4.44. The summed E-state index contributed by atoms with van der Waals surface area (Å²) < 4.78 is 0. The minimum atomic E-state index is -0.603. The lowest BCUT2D eigenvalue weighted by Crippen LogP contribution is -2.21. The number of H-pyrrole nitrogens is 1. The second kappa shape index (κ2) is 5.75. The number of hydrogen-bond acceptors (Lipinski definition) is 1. The molecule has 0 spiro atoms. The lowest BCUT2D eigenvalue weighted by molar-refractivity contribution is 1.35. The van der Waals surface area contributed by atoms with Crippen LogP contribution in [0.15, 0.2) is 85.3 Å². The van der Waals surface area contributed by atoms with E-state index in [4.69, 9.17) is 0 Å². The molecule has 0 radical (unpaired) electrons. The number of nitrogens with zero attached hydrogens (tertiary/aromatic N) is 1. The molecule has 0 saturated heterocycles. The molecule has 4 rings (SSSR count). The second-order valence-electron chi connectivity index (χ2n) is 5.10. The smallest absolute Gasteiger partial charge is 0.0647 e. The van der Waals surface area contributed by atoms with Gasteiger partial charge in [0.05, 0.1) is 11.7 Å². The minimum absolute atomic E-state index is 0.603. The zero-order chi connectivity index (χ0) is 14.8. The van der Waals surface area contributed by atoms with Crippen molar-refractivity contribution in [2.45, 2.75) is 0 Å². The van der Waals surface area contributed by atoms with Crippen molar-refractivity contribution < 1.29 is 0 Å². The molecular weight excluding hydrogens is 287 g/mol. The number of hydrogen-bond donors (Lipinski definition) is 1. The van der Waals surface area contributed by atoms with E-state index >= 15 is 0 Å². The summed E-state index contributed by atoms with van der Waals surface area (Å²) in [5, 5.41) is 5.25. The van der Waals surface area contributed by atoms with Crippen molar-refractivity contribution in [2.75, 3.05) is 0 Å². The summed E-state index contributed by atoms with van der Waals surface area (Å²) in [4.78, 5) is 7.71. The van der Waals surface area contributed by atoms with Crippen LogP contribution in [-0.2, 0) is 0 Å². The summed E-state index contributed by atoms with van der Waals surface area (Å²) in [6.45, 7) is 0. The molecule has 0 atom stereocenters. The van der Waals surface area contributed by atoms with Crippen LogP contribution in [0.5, 0.6) is 0 Å². The van der Waals surface area contributed by atoms with E-state index < -0.39 is 7.92 Å². The van der Waals surface area contributed by atoms with Gasteiger partial charge in [-0.15, -0.1) is 0 Å². The van der Waals surface area contributed by atoms with Crippen molar-refractivity contribution in [3.63, 3.8) is 0 Å². The van der Waals surface area contributed by atoms with E-state index in [0.717, 1.165) is 5.52 Å². The quantitative estimate of drug-likeness (QED) is 0.578. The lowest BCUT2D eigenvalue weighted by atomic mass is 10.3. The average Bonchev–Trinajstić information content (AvgIpc) is 3.07. The molecule has 2 aromatic carbocycles. The van der Waals surface area contributed by atoms with Gasteiger partial charge in [0.25, 0.3) is 0 Å². The molecule has 22 heavy (non-hydrogen) atoms. The molecule has 0 aliphatic carbocycles. The minimum Gasteiger partial charge on any atom is -0.360 e. The van der Waals surface area contributed by atoms with E-state index in [1.807, 2.05) is 18.6 Å². The zero-order valence-electron chi connectivity index (χ0n) is 12.0. The zero-order valence-corrected chi connectivity index (χ0v) is 12.9. The number of aromatic amines is 1. The molecule has 2 aromatic heterocycles. The molecular formula is C19H15N2P. The number of pyridine rings is 1. The molecule has 0 fully saturated rings. The van der Waals surface area contributed by atoms with E-state index in [-0.39, 0.29) is 0 Å². The third-order valence-corrected chi connectivity index (χ3v) is 6.19. The third kappa shape index (κ3) is 2.32. The fraction of sp³-hybridized carbons (Fsp3) is 0. The normalized spacial score (nSPS) is 11.1. The summed E-state index contributed by atoms with van der Waals surface area (Å²) >= 11 is 0. The highest BCUT2D eigenvalue weighted by molar-refractivity contribution is 7.80. The molecule has 2 heterocycles. The van der Waals surface area contributed by atoms with Gasteiger partial charge in [-0.2, -0.15) is 0 Å². The maximum absolute atomic E-state index is 4.44. The van der Waals surface area contributed by atoms with Gasteiger partial charge in [-0.1, -0.05) is 60.7 Å². The molecule has 4 aromatic rings. The fourth-order valence-electron chi connectivity index (χ4n) is 2.72. The molecule has 3 heteroatoms. The molecule has 0 bridgehead atoms. The van der Waals surface area contributed by atoms with Gasteiger partial charge in [0.2, 0.25) is 0 Å². The predicted octanol–water partition coefficient (Wildman–Crippen LogP) is 3.32. The van der Waals surface area contributed by atoms with Gasteiger partial charge in [0, 0.05) is 23.1 Å². The van der Waals surface area contributed by atoms with Crippen molar-refractivity contribution >= 4 is 34.7 Å². The van der Waals surface area contributed by atoms with Crippen LogP contribution < -0.4 is 15.9 Å². The standard InChI is InChI=1S/C19H15N2P/c1-3-7-15(8-4-1)22(16-9-5-2-6-10-16)19-14-20-13-18-17(19)11-12-21-18/h1-14,21H. The first-order chi connectivity index (χ1) is 10.9. The Kier molecular flexibility index (Phi) is 3.46. The molecule has 0 saturated carbocycles. The molecule has 106 valence electrons. The van der Waals surface area contributed by atoms with Crippen LogP contribution in [0.4, 0.5) is 0 Å². The van der Waals surface area contributed by atoms with Gasteiger partial charge in [-0.3, -0.25) is 4.98 Å². The van der Waals surface area contributed by atoms with Crippen molar-refractivity contribution in [1.29, 1.82) is 0 Å². The van der Waals surface area contributed by atoms with Crippen molar-refractivity contribution in [1.82, 2.24) is 9.97 Å². The highest BCUT2D eigenvalue weighted by Crippen LogP contribution is 2.34. The van der Waals surface area contributed by atoms with E-state index in [1.165, 1.54) is 21.3 Å². The van der Waals surface area contributed by atoms with Gasteiger partial charge in [0.15, 0.2) is 0 Å². The van der Waals surface area contributed by atoms with Crippen molar-refractivity contribution in [3.05, 3.63) is 85.3 Å². The maximum Gasteiger partial charge on any atom is 0.0647 e. The van der Waals surface area contributed by atoms with Crippen LogP contribution in [0.2, 0.25) is 0 Å². The van der Waals surface area contributed by atoms with E-state index in [1.54, 1.807) is 0 Å². The first-order valence-corrected chi connectivity index (χ1v) is 8.59. The largest absolute Gasteiger partial charge is 0.360 e. The van der Waals surface area contributed by atoms with Crippen molar-refractivity contribution in [3.8, 4) is 0 Å². The van der Waals surface area contributed by atoms with Crippen LogP contribution in [-0.4, -0.2) is 9.97 Å². The van der Waals surface area contributed by atoms with E-state index in [0.29, 0.717) is 0 Å². The number of nitrogens with one attached hydrogen (secondary N) is 1. The van der Waals surface area contributed by atoms with Gasteiger partial charge < -0.3 is 4.98 Å². The van der Waals surface area contributed by atoms with Crippen LogP contribution in [0.3, 0.4) is 0 Å². The molecule has 1 N–H and O–H groups in total. The number of aromatic nitrogens is 2. The monoisotopic (exact) mass is 302 g/mol. The highest BCUT2D eigenvalue weighted by Gasteiger charge is 2.19. The summed E-state index contributed by atoms with van der Waals surface area (Å²) in [5.41, 5.74) is 1.09. The van der Waals surface area contributed by atoms with Gasteiger partial charge in [-0.05, 0) is 24.6 Å². The Hall–Kier alpha value is -2.44. The van der Waals surface area contributed by atoms with E-state index in [9.17, 15) is 0 Å². The van der Waals surface area contributed by atoms with Crippen molar-refractivity contribution in [2.24, 2.45) is 0 Å². The Morgan fingerprint density at radius 1 is 0.727 bits per heavy atom. The van der Waals surface area contributed by atoms with Crippen LogP contribution in [0, 0.1) is 0 Å². The fourth-order valence-corrected chi connectivity index (χ4v) is 5.14.